The van der Waals surface area contributed by atoms with Gasteiger partial charge in [0, 0.05) is 18.7 Å². The number of nitro benzene ring substituents is 1. The second kappa shape index (κ2) is 4.79. The molecule has 1 fully saturated rings. The Kier molecular flexibility index (Phi) is 3.38. The Morgan fingerprint density at radius 1 is 1.53 bits per heavy atom. The number of nitrogens with zero attached hydrogens (tertiary/aromatic N) is 1. The summed E-state index contributed by atoms with van der Waals surface area (Å²) in [5.74, 6) is 0.147. The molecule has 1 unspecified atom stereocenters. The third-order valence-corrected chi connectivity index (χ3v) is 3.11. The Labute approximate surface area is 99.0 Å². The first kappa shape index (κ1) is 12.0. The van der Waals surface area contributed by atoms with Gasteiger partial charge in [0.1, 0.15) is 5.82 Å². The van der Waals surface area contributed by atoms with Gasteiger partial charge in [0.15, 0.2) is 0 Å². The van der Waals surface area contributed by atoms with Crippen LogP contribution < -0.4 is 5.32 Å². The molecule has 0 spiro atoms. The van der Waals surface area contributed by atoms with Gasteiger partial charge in [-0.05, 0) is 37.3 Å². The van der Waals surface area contributed by atoms with Crippen molar-refractivity contribution in [2.45, 2.75) is 32.4 Å². The quantitative estimate of drug-likeness (QED) is 0.633. The SMILES string of the molecule is CC(NCc1cc(F)cc([N+](=O)[O-])c1)C1CC1. The maximum Gasteiger partial charge on any atom is 0.272 e. The minimum atomic E-state index is -0.573. The van der Waals surface area contributed by atoms with E-state index >= 15 is 0 Å². The van der Waals surface area contributed by atoms with E-state index in [1.54, 1.807) is 0 Å². The maximum absolute atomic E-state index is 13.2. The van der Waals surface area contributed by atoms with Crippen molar-refractivity contribution in [1.29, 1.82) is 0 Å². The molecular weight excluding hydrogens is 223 g/mol. The first-order valence-electron chi connectivity index (χ1n) is 5.73. The Morgan fingerprint density at radius 3 is 2.82 bits per heavy atom. The summed E-state index contributed by atoms with van der Waals surface area (Å²) in [4.78, 5) is 10.0. The molecule has 5 heteroatoms. The molecule has 17 heavy (non-hydrogen) atoms. The third kappa shape index (κ3) is 3.23. The Morgan fingerprint density at radius 2 is 2.24 bits per heavy atom. The standard InChI is InChI=1S/C12H15FN2O2/c1-8(10-2-3-10)14-7-9-4-11(13)6-12(5-9)15(16)17/h4-6,8,10,14H,2-3,7H2,1H3. The van der Waals surface area contributed by atoms with Crippen LogP contribution in [0.4, 0.5) is 10.1 Å². The van der Waals surface area contributed by atoms with Gasteiger partial charge in [-0.1, -0.05) is 0 Å². The first-order valence-corrected chi connectivity index (χ1v) is 5.73. The van der Waals surface area contributed by atoms with Crippen molar-refractivity contribution >= 4 is 5.69 Å². The summed E-state index contributed by atoms with van der Waals surface area (Å²) < 4.78 is 13.2. The van der Waals surface area contributed by atoms with Crippen LogP contribution in [-0.2, 0) is 6.54 Å². The highest BCUT2D eigenvalue weighted by atomic mass is 19.1. The van der Waals surface area contributed by atoms with Crippen LogP contribution in [0.1, 0.15) is 25.3 Å². The van der Waals surface area contributed by atoms with Gasteiger partial charge in [-0.3, -0.25) is 10.1 Å². The molecule has 1 saturated carbocycles. The average molecular weight is 238 g/mol. The summed E-state index contributed by atoms with van der Waals surface area (Å²) in [5.41, 5.74) is 0.421. The van der Waals surface area contributed by atoms with Crippen LogP contribution in [0, 0.1) is 21.8 Å². The van der Waals surface area contributed by atoms with E-state index in [-0.39, 0.29) is 5.69 Å². The van der Waals surface area contributed by atoms with Gasteiger partial charge in [0.05, 0.1) is 11.0 Å². The molecule has 1 aliphatic rings. The minimum Gasteiger partial charge on any atom is -0.310 e. The molecule has 0 radical (unpaired) electrons. The Balaban J connectivity index is 2.01. The van der Waals surface area contributed by atoms with Crippen molar-refractivity contribution in [3.8, 4) is 0 Å². The molecular formula is C12H15FN2O2. The molecule has 1 atom stereocenters. The molecule has 2 rings (SSSR count). The maximum atomic E-state index is 13.2. The van der Waals surface area contributed by atoms with E-state index in [0.717, 1.165) is 6.07 Å². The molecule has 1 N–H and O–H groups in total. The zero-order valence-corrected chi connectivity index (χ0v) is 9.65. The predicted molar refractivity (Wildman–Crippen MR) is 62.1 cm³/mol. The molecule has 0 aliphatic heterocycles. The number of hydrogen-bond donors (Lipinski definition) is 1. The van der Waals surface area contributed by atoms with E-state index < -0.39 is 10.7 Å². The van der Waals surface area contributed by atoms with Crippen LogP contribution in [0.3, 0.4) is 0 Å². The first-order chi connectivity index (χ1) is 8.06. The van der Waals surface area contributed by atoms with Gasteiger partial charge in [-0.15, -0.1) is 0 Å². The van der Waals surface area contributed by atoms with Gasteiger partial charge in [0.25, 0.3) is 5.69 Å². The fraction of sp³-hybridized carbons (Fsp3) is 0.500. The summed E-state index contributed by atoms with van der Waals surface area (Å²) in [6, 6.07) is 4.07. The highest BCUT2D eigenvalue weighted by Gasteiger charge is 2.27. The van der Waals surface area contributed by atoms with E-state index in [1.165, 1.54) is 25.0 Å². The number of nitro groups is 1. The van der Waals surface area contributed by atoms with Crippen LogP contribution in [0.25, 0.3) is 0 Å². The molecule has 1 aromatic rings. The van der Waals surface area contributed by atoms with E-state index in [4.69, 9.17) is 0 Å². The van der Waals surface area contributed by atoms with Crippen LogP contribution >= 0.6 is 0 Å². The lowest BCUT2D eigenvalue weighted by atomic mass is 10.1. The van der Waals surface area contributed by atoms with Crippen molar-refractivity contribution in [3.63, 3.8) is 0 Å². The van der Waals surface area contributed by atoms with Crippen LogP contribution in [-0.4, -0.2) is 11.0 Å². The molecule has 0 amide bonds. The monoisotopic (exact) mass is 238 g/mol. The number of non-ortho nitro benzene ring substituents is 1. The Bertz CT molecular complexity index is 433. The molecule has 0 heterocycles. The van der Waals surface area contributed by atoms with E-state index in [2.05, 4.69) is 12.2 Å². The molecule has 1 aliphatic carbocycles. The number of benzene rings is 1. The fourth-order valence-electron chi connectivity index (χ4n) is 1.88. The minimum absolute atomic E-state index is 0.194. The van der Waals surface area contributed by atoms with Gasteiger partial charge in [-0.2, -0.15) is 0 Å². The Hall–Kier alpha value is -1.49. The van der Waals surface area contributed by atoms with Gasteiger partial charge < -0.3 is 5.32 Å². The highest BCUT2D eigenvalue weighted by molar-refractivity contribution is 5.35. The average Bonchev–Trinajstić information content (AvgIpc) is 3.08. The highest BCUT2D eigenvalue weighted by Crippen LogP contribution is 2.32. The molecule has 0 saturated heterocycles. The zero-order chi connectivity index (χ0) is 12.4. The number of halogens is 1. The van der Waals surface area contributed by atoms with Gasteiger partial charge in [0.2, 0.25) is 0 Å². The van der Waals surface area contributed by atoms with Crippen LogP contribution in [0.2, 0.25) is 0 Å². The summed E-state index contributed by atoms with van der Waals surface area (Å²) in [6.45, 7) is 2.56. The van der Waals surface area contributed by atoms with Crippen molar-refractivity contribution in [3.05, 3.63) is 39.7 Å². The van der Waals surface area contributed by atoms with Crippen molar-refractivity contribution in [2.75, 3.05) is 0 Å². The van der Waals surface area contributed by atoms with E-state index in [1.807, 2.05) is 0 Å². The molecule has 0 bridgehead atoms. The number of nitrogens with one attached hydrogen (secondary N) is 1. The second-order valence-corrected chi connectivity index (χ2v) is 4.58. The van der Waals surface area contributed by atoms with Crippen LogP contribution in [0.15, 0.2) is 18.2 Å². The normalized spacial score (nSPS) is 16.8. The lowest BCUT2D eigenvalue weighted by Gasteiger charge is -2.12. The van der Waals surface area contributed by atoms with Gasteiger partial charge >= 0.3 is 0 Å². The van der Waals surface area contributed by atoms with Crippen molar-refractivity contribution in [1.82, 2.24) is 5.32 Å². The lowest BCUT2D eigenvalue weighted by Crippen LogP contribution is -2.27. The van der Waals surface area contributed by atoms with Gasteiger partial charge in [-0.25, -0.2) is 4.39 Å². The van der Waals surface area contributed by atoms with Crippen molar-refractivity contribution in [2.24, 2.45) is 5.92 Å². The van der Waals surface area contributed by atoms with E-state index in [0.29, 0.717) is 24.1 Å². The number of rotatable bonds is 5. The predicted octanol–water partition coefficient (Wildman–Crippen LogP) is 2.62. The lowest BCUT2D eigenvalue weighted by molar-refractivity contribution is -0.385. The third-order valence-electron chi connectivity index (χ3n) is 3.11. The zero-order valence-electron chi connectivity index (χ0n) is 9.65. The summed E-state index contributed by atoms with van der Waals surface area (Å²) >= 11 is 0. The smallest absolute Gasteiger partial charge is 0.272 e. The largest absolute Gasteiger partial charge is 0.310 e. The molecule has 4 nitrogen and oxygen atoms in total. The van der Waals surface area contributed by atoms with Crippen LogP contribution in [0.5, 0.6) is 0 Å². The second-order valence-electron chi connectivity index (χ2n) is 4.58. The molecule has 92 valence electrons. The summed E-state index contributed by atoms with van der Waals surface area (Å²) in [5, 5.41) is 13.8. The topological polar surface area (TPSA) is 55.2 Å². The summed E-state index contributed by atoms with van der Waals surface area (Å²) in [6.07, 6.45) is 2.47. The molecule has 0 aromatic heterocycles. The van der Waals surface area contributed by atoms with E-state index in [9.17, 15) is 14.5 Å². The number of hydrogen-bond acceptors (Lipinski definition) is 3. The summed E-state index contributed by atoms with van der Waals surface area (Å²) in [7, 11) is 0. The fourth-order valence-corrected chi connectivity index (χ4v) is 1.88. The van der Waals surface area contributed by atoms with Crippen molar-refractivity contribution < 1.29 is 9.31 Å². The molecule has 1 aromatic carbocycles.